The number of hydrogen-bond acceptors (Lipinski definition) is 3. The largest absolute Gasteiger partial charge is 0.444 e. The predicted molar refractivity (Wildman–Crippen MR) is 105 cm³/mol. The van der Waals surface area contributed by atoms with Crippen LogP contribution in [-0.2, 0) is 11.3 Å². The van der Waals surface area contributed by atoms with Crippen LogP contribution in [0.3, 0.4) is 0 Å². The number of guanidine groups is 1. The Labute approximate surface area is 161 Å². The zero-order valence-electron chi connectivity index (χ0n) is 16.7. The minimum Gasteiger partial charge on any atom is -0.444 e. The first-order valence-corrected chi connectivity index (χ1v) is 9.44. The summed E-state index contributed by atoms with van der Waals surface area (Å²) in [5.74, 6) is 0.701. The molecule has 1 aromatic rings. The van der Waals surface area contributed by atoms with Crippen molar-refractivity contribution in [2.24, 2.45) is 10.9 Å². The van der Waals surface area contributed by atoms with E-state index >= 15 is 0 Å². The van der Waals surface area contributed by atoms with E-state index in [1.54, 1.807) is 24.1 Å². The van der Waals surface area contributed by atoms with Gasteiger partial charge in [0.25, 0.3) is 0 Å². The molecule has 150 valence electrons. The smallest absolute Gasteiger partial charge is 0.410 e. The Kier molecular flexibility index (Phi) is 7.45. The lowest BCUT2D eigenvalue weighted by atomic mass is 9.98. The number of carbonyl (C=O) groups is 1. The Bertz CT molecular complexity index is 658. The van der Waals surface area contributed by atoms with Gasteiger partial charge in [0, 0.05) is 38.8 Å². The Hall–Kier alpha value is -2.31. The van der Waals surface area contributed by atoms with Gasteiger partial charge in [-0.25, -0.2) is 9.18 Å². The first kappa shape index (κ1) is 21.0. The molecule has 0 aromatic heterocycles. The maximum Gasteiger partial charge on any atom is 0.410 e. The van der Waals surface area contributed by atoms with Crippen molar-refractivity contribution in [3.05, 3.63) is 35.6 Å². The monoisotopic (exact) mass is 378 g/mol. The molecule has 2 rings (SSSR count). The number of halogens is 1. The molecule has 1 heterocycles. The molecule has 1 aliphatic rings. The van der Waals surface area contributed by atoms with Gasteiger partial charge < -0.3 is 20.3 Å². The summed E-state index contributed by atoms with van der Waals surface area (Å²) < 4.78 is 19.2. The van der Waals surface area contributed by atoms with E-state index in [4.69, 9.17) is 4.74 Å². The molecule has 0 saturated carbocycles. The van der Waals surface area contributed by atoms with Gasteiger partial charge in [-0.1, -0.05) is 18.2 Å². The highest BCUT2D eigenvalue weighted by atomic mass is 19.1. The third-order valence-electron chi connectivity index (χ3n) is 4.36. The highest BCUT2D eigenvalue weighted by Crippen LogP contribution is 2.18. The van der Waals surface area contributed by atoms with Crippen molar-refractivity contribution >= 4 is 12.1 Å². The fourth-order valence-corrected chi connectivity index (χ4v) is 3.01. The molecule has 1 unspecified atom stereocenters. The highest BCUT2D eigenvalue weighted by molar-refractivity contribution is 5.79. The van der Waals surface area contributed by atoms with Crippen LogP contribution in [0.15, 0.2) is 29.3 Å². The second kappa shape index (κ2) is 9.58. The van der Waals surface area contributed by atoms with Crippen molar-refractivity contribution in [1.82, 2.24) is 15.5 Å². The van der Waals surface area contributed by atoms with Gasteiger partial charge in [0.15, 0.2) is 5.96 Å². The molecule has 0 bridgehead atoms. The predicted octanol–water partition coefficient (Wildman–Crippen LogP) is 3.14. The van der Waals surface area contributed by atoms with Crippen molar-refractivity contribution in [2.75, 3.05) is 26.7 Å². The van der Waals surface area contributed by atoms with Crippen LogP contribution in [0.4, 0.5) is 9.18 Å². The Balaban J connectivity index is 1.80. The van der Waals surface area contributed by atoms with Crippen molar-refractivity contribution < 1.29 is 13.9 Å². The van der Waals surface area contributed by atoms with E-state index in [1.807, 2.05) is 26.8 Å². The van der Waals surface area contributed by atoms with E-state index in [9.17, 15) is 9.18 Å². The van der Waals surface area contributed by atoms with Gasteiger partial charge in [0.05, 0.1) is 0 Å². The van der Waals surface area contributed by atoms with E-state index in [0.717, 1.165) is 19.4 Å². The van der Waals surface area contributed by atoms with Crippen LogP contribution in [0, 0.1) is 11.7 Å². The van der Waals surface area contributed by atoms with Gasteiger partial charge >= 0.3 is 6.09 Å². The van der Waals surface area contributed by atoms with E-state index in [-0.39, 0.29) is 11.9 Å². The lowest BCUT2D eigenvalue weighted by molar-refractivity contribution is 0.0168. The Morgan fingerprint density at radius 3 is 2.74 bits per heavy atom. The highest BCUT2D eigenvalue weighted by Gasteiger charge is 2.27. The normalized spacial score (nSPS) is 18.2. The van der Waals surface area contributed by atoms with Gasteiger partial charge in [0.2, 0.25) is 0 Å². The topological polar surface area (TPSA) is 66.0 Å². The minimum absolute atomic E-state index is 0.235. The first-order valence-electron chi connectivity index (χ1n) is 9.44. The van der Waals surface area contributed by atoms with Gasteiger partial charge in [-0.3, -0.25) is 4.99 Å². The lowest BCUT2D eigenvalue weighted by Gasteiger charge is -2.34. The number of carbonyl (C=O) groups excluding carboxylic acids is 1. The molecule has 1 fully saturated rings. The number of ether oxygens (including phenoxy) is 1. The molecule has 7 heteroatoms. The summed E-state index contributed by atoms with van der Waals surface area (Å²) >= 11 is 0. The second-order valence-electron chi connectivity index (χ2n) is 7.83. The van der Waals surface area contributed by atoms with Crippen molar-refractivity contribution in [1.29, 1.82) is 0 Å². The van der Waals surface area contributed by atoms with Crippen LogP contribution in [0.2, 0.25) is 0 Å². The number of aliphatic imine (C=N–C) groups is 1. The van der Waals surface area contributed by atoms with E-state index in [1.165, 1.54) is 6.07 Å². The molecule has 0 spiro atoms. The van der Waals surface area contributed by atoms with Crippen molar-refractivity contribution in [2.45, 2.75) is 45.8 Å². The number of hydrogen-bond donors (Lipinski definition) is 2. The van der Waals surface area contributed by atoms with E-state index < -0.39 is 5.60 Å². The summed E-state index contributed by atoms with van der Waals surface area (Å²) in [5, 5.41) is 6.40. The number of amides is 1. The molecule has 1 saturated heterocycles. The molecule has 0 aliphatic carbocycles. The lowest BCUT2D eigenvalue weighted by Crippen LogP contribution is -2.47. The van der Waals surface area contributed by atoms with Crippen LogP contribution in [-0.4, -0.2) is 49.2 Å². The van der Waals surface area contributed by atoms with Crippen molar-refractivity contribution in [3.8, 4) is 0 Å². The average Bonchev–Trinajstić information content (AvgIpc) is 2.62. The van der Waals surface area contributed by atoms with Crippen LogP contribution in [0.5, 0.6) is 0 Å². The number of rotatable bonds is 4. The molecule has 2 N–H and O–H groups in total. The molecule has 1 aliphatic heterocycles. The summed E-state index contributed by atoms with van der Waals surface area (Å²) in [5.41, 5.74) is 0.107. The van der Waals surface area contributed by atoms with E-state index in [2.05, 4.69) is 15.6 Å². The van der Waals surface area contributed by atoms with Crippen LogP contribution >= 0.6 is 0 Å². The third-order valence-corrected chi connectivity index (χ3v) is 4.36. The summed E-state index contributed by atoms with van der Waals surface area (Å²) in [4.78, 5) is 18.2. The summed E-state index contributed by atoms with van der Waals surface area (Å²) in [6.07, 6.45) is 1.73. The Morgan fingerprint density at radius 2 is 2.07 bits per heavy atom. The van der Waals surface area contributed by atoms with Crippen LogP contribution in [0.1, 0.15) is 39.2 Å². The SMILES string of the molecule is CN=C(NCc1ccccc1F)NCC1CCCN(C(=O)OC(C)(C)C)C1. The van der Waals surface area contributed by atoms with Gasteiger partial charge in [0.1, 0.15) is 11.4 Å². The number of piperidine rings is 1. The standard InChI is InChI=1S/C20H31FN4O2/c1-20(2,3)27-19(26)25-11-7-8-15(14-25)12-23-18(22-4)24-13-16-9-5-6-10-17(16)21/h5-6,9-10,15H,7-8,11-14H2,1-4H3,(H2,22,23,24). The molecular formula is C20H31FN4O2. The van der Waals surface area contributed by atoms with Crippen LogP contribution in [0.25, 0.3) is 0 Å². The molecule has 6 nitrogen and oxygen atoms in total. The maximum atomic E-state index is 13.7. The summed E-state index contributed by atoms with van der Waals surface area (Å²) in [6.45, 7) is 8.06. The second-order valence-corrected chi connectivity index (χ2v) is 7.83. The fraction of sp³-hybridized carbons (Fsp3) is 0.600. The number of likely N-dealkylation sites (tertiary alicyclic amines) is 1. The van der Waals surface area contributed by atoms with Crippen molar-refractivity contribution in [3.63, 3.8) is 0 Å². The zero-order valence-corrected chi connectivity index (χ0v) is 16.7. The summed E-state index contributed by atoms with van der Waals surface area (Å²) in [6, 6.07) is 6.67. The zero-order chi connectivity index (χ0) is 19.9. The van der Waals surface area contributed by atoms with Crippen LogP contribution < -0.4 is 10.6 Å². The van der Waals surface area contributed by atoms with Gasteiger partial charge in [-0.05, 0) is 45.6 Å². The molecule has 1 atom stereocenters. The van der Waals surface area contributed by atoms with Gasteiger partial charge in [-0.15, -0.1) is 0 Å². The fourth-order valence-electron chi connectivity index (χ4n) is 3.01. The molecule has 1 amide bonds. The average molecular weight is 378 g/mol. The molecule has 27 heavy (non-hydrogen) atoms. The third kappa shape index (κ3) is 7.07. The minimum atomic E-state index is -0.485. The maximum absolute atomic E-state index is 13.7. The van der Waals surface area contributed by atoms with Gasteiger partial charge in [-0.2, -0.15) is 0 Å². The van der Waals surface area contributed by atoms with E-state index in [0.29, 0.717) is 37.1 Å². The number of nitrogens with zero attached hydrogens (tertiary/aromatic N) is 2. The number of nitrogens with one attached hydrogen (secondary N) is 2. The molecule has 1 aromatic carbocycles. The quantitative estimate of drug-likeness (QED) is 0.624. The molecule has 0 radical (unpaired) electrons. The number of benzene rings is 1. The summed E-state index contributed by atoms with van der Waals surface area (Å²) in [7, 11) is 1.69. The Morgan fingerprint density at radius 1 is 1.33 bits per heavy atom. The molecular weight excluding hydrogens is 347 g/mol. The first-order chi connectivity index (χ1) is 12.8.